The number of fused-ring (bicyclic) bond motifs is 2. The zero-order valence-corrected chi connectivity index (χ0v) is 21.7. The summed E-state index contributed by atoms with van der Waals surface area (Å²) < 4.78 is 29.6. The molecule has 0 aliphatic heterocycles. The molecule has 1 fully saturated rings. The Labute approximate surface area is 229 Å². The number of rotatable bonds is 7. The second-order valence-electron chi connectivity index (χ2n) is 10.4. The van der Waals surface area contributed by atoms with E-state index in [2.05, 4.69) is 30.5 Å². The third-order valence-corrected chi connectivity index (χ3v) is 7.74. The van der Waals surface area contributed by atoms with Gasteiger partial charge in [0.2, 0.25) is 0 Å². The van der Waals surface area contributed by atoms with E-state index in [0.717, 1.165) is 34.7 Å². The van der Waals surface area contributed by atoms with Crippen molar-refractivity contribution in [3.05, 3.63) is 84.3 Å². The maximum atomic E-state index is 16.1. The second kappa shape index (κ2) is 10.2. The van der Waals surface area contributed by atoms with E-state index in [1.807, 2.05) is 24.3 Å². The van der Waals surface area contributed by atoms with Crippen molar-refractivity contribution in [2.24, 2.45) is 5.92 Å². The summed E-state index contributed by atoms with van der Waals surface area (Å²) in [7, 11) is 0. The van der Waals surface area contributed by atoms with Crippen LogP contribution in [0.2, 0.25) is 0 Å². The molecule has 1 aliphatic carbocycles. The summed E-state index contributed by atoms with van der Waals surface area (Å²) in [6.07, 6.45) is 10.2. The number of aromatic amines is 2. The van der Waals surface area contributed by atoms with Crippen LogP contribution in [0.4, 0.5) is 8.78 Å². The van der Waals surface area contributed by atoms with Crippen molar-refractivity contribution >= 4 is 21.9 Å². The fraction of sp³-hybridized carbons (Fsp3) is 0.226. The molecule has 1 saturated carbocycles. The van der Waals surface area contributed by atoms with Gasteiger partial charge in [-0.1, -0.05) is 37.1 Å². The number of nitrogens with zero attached hydrogens (tertiary/aromatic N) is 4. The Hall–Kier alpha value is -4.50. The Morgan fingerprint density at radius 3 is 2.60 bits per heavy atom. The number of halogens is 2. The van der Waals surface area contributed by atoms with Crippen LogP contribution in [0.15, 0.2) is 67.1 Å². The third-order valence-electron chi connectivity index (χ3n) is 7.74. The van der Waals surface area contributed by atoms with E-state index in [1.54, 1.807) is 30.7 Å². The highest BCUT2D eigenvalue weighted by atomic mass is 19.1. The van der Waals surface area contributed by atoms with E-state index in [4.69, 9.17) is 4.98 Å². The van der Waals surface area contributed by atoms with Crippen molar-refractivity contribution < 1.29 is 8.78 Å². The largest absolute Gasteiger partial charge is 0.337 e. The van der Waals surface area contributed by atoms with E-state index in [1.165, 1.54) is 37.8 Å². The zero-order chi connectivity index (χ0) is 27.1. The van der Waals surface area contributed by atoms with Crippen LogP contribution in [0.3, 0.4) is 0 Å². The number of imidazole rings is 1. The lowest BCUT2D eigenvalue weighted by molar-refractivity contribution is 0.489. The monoisotopic (exact) mass is 535 g/mol. The first kappa shape index (κ1) is 24.5. The van der Waals surface area contributed by atoms with E-state index in [0.29, 0.717) is 40.0 Å². The van der Waals surface area contributed by atoms with Crippen LogP contribution < -0.4 is 5.32 Å². The Morgan fingerprint density at radius 2 is 1.75 bits per heavy atom. The highest BCUT2D eigenvalue weighted by Gasteiger charge is 2.21. The average molecular weight is 536 g/mol. The molecule has 0 radical (unpaired) electrons. The van der Waals surface area contributed by atoms with Crippen molar-refractivity contribution in [3.63, 3.8) is 0 Å². The predicted octanol–water partition coefficient (Wildman–Crippen LogP) is 6.79. The van der Waals surface area contributed by atoms with Gasteiger partial charge in [0.15, 0.2) is 11.6 Å². The van der Waals surface area contributed by atoms with Crippen LogP contribution >= 0.6 is 0 Å². The molecule has 40 heavy (non-hydrogen) atoms. The average Bonchev–Trinajstić information content (AvgIpc) is 3.73. The summed E-state index contributed by atoms with van der Waals surface area (Å²) in [6.45, 7) is 1.66. The number of benzene rings is 2. The summed E-state index contributed by atoms with van der Waals surface area (Å²) in [5.74, 6) is 0.373. The van der Waals surface area contributed by atoms with Crippen molar-refractivity contribution in [2.45, 2.75) is 32.2 Å². The molecule has 0 amide bonds. The maximum Gasteiger partial charge on any atom is 0.161 e. The first-order valence-corrected chi connectivity index (χ1v) is 13.6. The molecule has 4 aromatic heterocycles. The molecule has 0 bridgehead atoms. The van der Waals surface area contributed by atoms with Gasteiger partial charge in [0.05, 0.1) is 28.1 Å². The van der Waals surface area contributed by atoms with Gasteiger partial charge in [-0.25, -0.2) is 13.8 Å². The van der Waals surface area contributed by atoms with Crippen molar-refractivity contribution in [1.29, 1.82) is 0 Å². The van der Waals surface area contributed by atoms with Gasteiger partial charge in [-0.3, -0.25) is 15.1 Å². The lowest BCUT2D eigenvalue weighted by atomic mass is 10.0. The van der Waals surface area contributed by atoms with Crippen LogP contribution in [0.1, 0.15) is 31.2 Å². The Morgan fingerprint density at radius 1 is 0.900 bits per heavy atom. The molecule has 0 unspecified atom stereocenters. The molecule has 200 valence electrons. The summed E-state index contributed by atoms with van der Waals surface area (Å²) in [4.78, 5) is 16.8. The molecule has 0 atom stereocenters. The molecular formula is C31H27F2N7. The lowest BCUT2D eigenvalue weighted by Crippen LogP contribution is -2.20. The lowest BCUT2D eigenvalue weighted by Gasteiger charge is -2.11. The third kappa shape index (κ3) is 4.52. The smallest absolute Gasteiger partial charge is 0.161 e. The van der Waals surface area contributed by atoms with E-state index in [-0.39, 0.29) is 11.5 Å². The molecule has 6 aromatic rings. The Bertz CT molecular complexity index is 1820. The molecule has 0 saturated heterocycles. The van der Waals surface area contributed by atoms with Gasteiger partial charge >= 0.3 is 0 Å². The normalized spacial score (nSPS) is 14.1. The number of H-pyrrole nitrogens is 2. The first-order valence-electron chi connectivity index (χ1n) is 13.6. The number of nitrogens with one attached hydrogen (secondary N) is 3. The van der Waals surface area contributed by atoms with E-state index in [9.17, 15) is 4.39 Å². The standard InChI is InChI=1S/C31H27F2N7/c32-22-10-8-20(9-11-22)23-6-3-7-24-29(23)38-31(37-24)30-26-25(39-40-30)17-36-28(27(26)33)21-12-19(15-35-16-21)14-34-13-18-4-1-2-5-18/h3,6-12,15-18,34H,1-2,4-5,13-14H2,(H,37,38)(H,39,40). The Balaban J connectivity index is 1.23. The van der Waals surface area contributed by atoms with Crippen LogP contribution in [-0.2, 0) is 6.54 Å². The summed E-state index contributed by atoms with van der Waals surface area (Å²) in [6, 6.07) is 13.9. The van der Waals surface area contributed by atoms with E-state index >= 15 is 4.39 Å². The molecule has 3 N–H and O–H groups in total. The molecular weight excluding hydrogens is 508 g/mol. The predicted molar refractivity (Wildman–Crippen MR) is 151 cm³/mol. The number of para-hydroxylation sites is 1. The number of hydrogen-bond donors (Lipinski definition) is 3. The highest BCUT2D eigenvalue weighted by molar-refractivity contribution is 5.98. The van der Waals surface area contributed by atoms with Gasteiger partial charge in [-0.05, 0) is 60.7 Å². The van der Waals surface area contributed by atoms with Gasteiger partial charge in [0.1, 0.15) is 17.2 Å². The molecule has 7 rings (SSSR count). The van der Waals surface area contributed by atoms with Gasteiger partial charge in [0, 0.05) is 30.1 Å². The fourth-order valence-corrected chi connectivity index (χ4v) is 5.70. The molecule has 7 nitrogen and oxygen atoms in total. The molecule has 0 spiro atoms. The fourth-order valence-electron chi connectivity index (χ4n) is 5.70. The van der Waals surface area contributed by atoms with E-state index < -0.39 is 5.82 Å². The molecule has 4 heterocycles. The van der Waals surface area contributed by atoms with Gasteiger partial charge < -0.3 is 10.3 Å². The number of aromatic nitrogens is 6. The highest BCUT2D eigenvalue weighted by Crippen LogP contribution is 2.34. The second-order valence-corrected chi connectivity index (χ2v) is 10.4. The maximum absolute atomic E-state index is 16.1. The van der Waals surface area contributed by atoms with Crippen LogP contribution in [0.5, 0.6) is 0 Å². The summed E-state index contributed by atoms with van der Waals surface area (Å²) in [5.41, 5.74) is 5.76. The zero-order valence-electron chi connectivity index (χ0n) is 21.7. The van der Waals surface area contributed by atoms with Crippen LogP contribution in [0, 0.1) is 17.6 Å². The Kier molecular flexibility index (Phi) is 6.28. The van der Waals surface area contributed by atoms with Gasteiger partial charge in [-0.2, -0.15) is 5.10 Å². The topological polar surface area (TPSA) is 95.2 Å². The van der Waals surface area contributed by atoms with Crippen molar-refractivity contribution in [1.82, 2.24) is 35.5 Å². The van der Waals surface area contributed by atoms with Crippen LogP contribution in [0.25, 0.3) is 55.8 Å². The quantitative estimate of drug-likeness (QED) is 0.209. The first-order chi connectivity index (χ1) is 19.6. The number of hydrogen-bond acceptors (Lipinski definition) is 5. The van der Waals surface area contributed by atoms with Crippen LogP contribution in [-0.4, -0.2) is 36.7 Å². The minimum Gasteiger partial charge on any atom is -0.337 e. The molecule has 1 aliphatic rings. The molecule has 9 heteroatoms. The SMILES string of the molecule is Fc1ccc(-c2cccc3[nH]c(-c4n[nH]c5cnc(-c6cncc(CNCC7CCCC7)c6)c(F)c45)nc23)cc1. The van der Waals surface area contributed by atoms with Gasteiger partial charge in [0.25, 0.3) is 0 Å². The number of pyridine rings is 2. The van der Waals surface area contributed by atoms with Crippen molar-refractivity contribution in [2.75, 3.05) is 6.54 Å². The summed E-state index contributed by atoms with van der Waals surface area (Å²) >= 11 is 0. The summed E-state index contributed by atoms with van der Waals surface area (Å²) in [5, 5.41) is 11.1. The van der Waals surface area contributed by atoms with Crippen molar-refractivity contribution in [3.8, 4) is 33.9 Å². The minimum atomic E-state index is -0.488. The molecule has 2 aromatic carbocycles. The minimum absolute atomic E-state index is 0.211. The van der Waals surface area contributed by atoms with Gasteiger partial charge in [-0.15, -0.1) is 0 Å².